The third-order valence-electron chi connectivity index (χ3n) is 3.83. The Morgan fingerprint density at radius 2 is 2.05 bits per heavy atom. The third-order valence-corrected chi connectivity index (χ3v) is 3.83. The Morgan fingerprint density at radius 3 is 2.64 bits per heavy atom. The van der Waals surface area contributed by atoms with Crippen LogP contribution < -0.4 is 5.32 Å². The molecular formula is C14H19Cl2N3O3. The predicted octanol–water partition coefficient (Wildman–Crippen LogP) is 1.96. The van der Waals surface area contributed by atoms with Gasteiger partial charge < -0.3 is 14.9 Å². The standard InChI is InChI=1S/C14H17N3O3.2ClH/c1-19-13(18)10-2-3-11(16-9-10)12-8-14(20-17-12)4-6-15-7-5-14;;/h2-3,9,15H,4-8H2,1H3;2*1H. The van der Waals surface area contributed by atoms with E-state index < -0.39 is 0 Å². The Bertz CT molecular complexity index is 543. The largest absolute Gasteiger partial charge is 0.465 e. The number of aromatic nitrogens is 1. The zero-order valence-corrected chi connectivity index (χ0v) is 13.8. The molecule has 3 rings (SSSR count). The summed E-state index contributed by atoms with van der Waals surface area (Å²) in [5.41, 5.74) is 1.88. The molecule has 0 radical (unpaired) electrons. The Labute approximate surface area is 141 Å². The van der Waals surface area contributed by atoms with E-state index in [1.807, 2.05) is 0 Å². The predicted molar refractivity (Wildman–Crippen MR) is 87.1 cm³/mol. The molecule has 6 nitrogen and oxygen atoms in total. The Kier molecular flexibility index (Phi) is 6.59. The zero-order valence-electron chi connectivity index (χ0n) is 12.2. The Hall–Kier alpha value is -1.37. The van der Waals surface area contributed by atoms with Crippen molar-refractivity contribution in [2.75, 3.05) is 20.2 Å². The van der Waals surface area contributed by atoms with E-state index in [0.29, 0.717) is 5.56 Å². The molecule has 122 valence electrons. The fourth-order valence-corrected chi connectivity index (χ4v) is 2.61. The maximum absolute atomic E-state index is 11.4. The van der Waals surface area contributed by atoms with Gasteiger partial charge in [-0.15, -0.1) is 24.8 Å². The molecule has 2 aliphatic rings. The number of nitrogens with zero attached hydrogens (tertiary/aromatic N) is 2. The number of methoxy groups -OCH3 is 1. The molecule has 2 aliphatic heterocycles. The second-order valence-corrected chi connectivity index (χ2v) is 5.16. The molecule has 0 aliphatic carbocycles. The average Bonchev–Trinajstić information content (AvgIpc) is 2.91. The molecule has 0 saturated carbocycles. The van der Waals surface area contributed by atoms with Gasteiger partial charge in [0.2, 0.25) is 0 Å². The first-order chi connectivity index (χ1) is 9.72. The molecule has 3 heterocycles. The maximum atomic E-state index is 11.4. The number of esters is 1. The average molecular weight is 348 g/mol. The van der Waals surface area contributed by atoms with Crippen LogP contribution >= 0.6 is 24.8 Å². The van der Waals surface area contributed by atoms with Crippen LogP contribution in [0.2, 0.25) is 0 Å². The second kappa shape index (κ2) is 7.76. The SMILES string of the molecule is COC(=O)c1ccc(C2=NOC3(CCNCC3)C2)nc1.Cl.Cl. The van der Waals surface area contributed by atoms with Crippen molar-refractivity contribution in [1.82, 2.24) is 10.3 Å². The molecule has 1 saturated heterocycles. The van der Waals surface area contributed by atoms with E-state index in [1.54, 1.807) is 12.1 Å². The first-order valence-electron chi connectivity index (χ1n) is 6.73. The highest BCUT2D eigenvalue weighted by molar-refractivity contribution is 6.00. The summed E-state index contributed by atoms with van der Waals surface area (Å²) < 4.78 is 4.65. The van der Waals surface area contributed by atoms with Crippen LogP contribution in [0.3, 0.4) is 0 Å². The number of rotatable bonds is 2. The van der Waals surface area contributed by atoms with Gasteiger partial charge in [-0.2, -0.15) is 0 Å². The van der Waals surface area contributed by atoms with E-state index in [-0.39, 0.29) is 36.4 Å². The van der Waals surface area contributed by atoms with Crippen molar-refractivity contribution in [2.24, 2.45) is 5.16 Å². The van der Waals surface area contributed by atoms with Crippen LogP contribution in [0.1, 0.15) is 35.3 Å². The lowest BCUT2D eigenvalue weighted by atomic mass is 9.87. The molecule has 1 spiro atoms. The van der Waals surface area contributed by atoms with Crippen LogP contribution in [0, 0.1) is 0 Å². The lowest BCUT2D eigenvalue weighted by Gasteiger charge is -2.30. The van der Waals surface area contributed by atoms with E-state index in [2.05, 4.69) is 20.2 Å². The number of carbonyl (C=O) groups is 1. The first-order valence-corrected chi connectivity index (χ1v) is 6.73. The highest BCUT2D eigenvalue weighted by Crippen LogP contribution is 2.33. The van der Waals surface area contributed by atoms with Crippen LogP contribution in [-0.4, -0.2) is 42.5 Å². The number of hydrogen-bond acceptors (Lipinski definition) is 6. The lowest BCUT2D eigenvalue weighted by Crippen LogP contribution is -2.42. The van der Waals surface area contributed by atoms with Crippen molar-refractivity contribution < 1.29 is 14.4 Å². The van der Waals surface area contributed by atoms with Gasteiger partial charge >= 0.3 is 5.97 Å². The summed E-state index contributed by atoms with van der Waals surface area (Å²) in [7, 11) is 1.35. The van der Waals surface area contributed by atoms with Crippen LogP contribution in [0.25, 0.3) is 0 Å². The lowest BCUT2D eigenvalue weighted by molar-refractivity contribution is -0.0400. The van der Waals surface area contributed by atoms with Crippen LogP contribution in [0.15, 0.2) is 23.5 Å². The number of carbonyl (C=O) groups excluding carboxylic acids is 1. The molecule has 1 aromatic rings. The zero-order chi connectivity index (χ0) is 14.0. The molecule has 0 aromatic carbocycles. The van der Waals surface area contributed by atoms with E-state index in [1.165, 1.54) is 13.3 Å². The van der Waals surface area contributed by atoms with Gasteiger partial charge in [0.05, 0.1) is 18.4 Å². The number of pyridine rings is 1. The van der Waals surface area contributed by atoms with Crippen LogP contribution in [0.5, 0.6) is 0 Å². The number of oxime groups is 1. The van der Waals surface area contributed by atoms with Gasteiger partial charge in [0.25, 0.3) is 0 Å². The minimum Gasteiger partial charge on any atom is -0.465 e. The van der Waals surface area contributed by atoms with Crippen molar-refractivity contribution in [3.8, 4) is 0 Å². The highest BCUT2D eigenvalue weighted by Gasteiger charge is 2.40. The van der Waals surface area contributed by atoms with Gasteiger partial charge in [0, 0.05) is 25.5 Å². The minimum atomic E-state index is -0.386. The van der Waals surface area contributed by atoms with E-state index in [4.69, 9.17) is 4.84 Å². The Morgan fingerprint density at radius 1 is 1.32 bits per heavy atom. The van der Waals surface area contributed by atoms with Crippen molar-refractivity contribution >= 4 is 36.5 Å². The van der Waals surface area contributed by atoms with E-state index in [0.717, 1.165) is 43.8 Å². The number of piperidine rings is 1. The molecule has 1 aromatic heterocycles. The summed E-state index contributed by atoms with van der Waals surface area (Å²) in [5.74, 6) is -0.386. The summed E-state index contributed by atoms with van der Waals surface area (Å²) in [5, 5.41) is 7.51. The Balaban J connectivity index is 0.00000121. The first kappa shape index (κ1) is 18.7. The monoisotopic (exact) mass is 347 g/mol. The van der Waals surface area contributed by atoms with Gasteiger partial charge in [-0.1, -0.05) is 5.16 Å². The summed E-state index contributed by atoms with van der Waals surface area (Å²) in [6, 6.07) is 3.48. The van der Waals surface area contributed by atoms with Crippen molar-refractivity contribution in [3.05, 3.63) is 29.6 Å². The van der Waals surface area contributed by atoms with Crippen molar-refractivity contribution in [2.45, 2.75) is 24.9 Å². The van der Waals surface area contributed by atoms with Gasteiger partial charge in [0.15, 0.2) is 0 Å². The third kappa shape index (κ3) is 3.69. The number of hydrogen-bond donors (Lipinski definition) is 1. The molecule has 1 N–H and O–H groups in total. The van der Waals surface area contributed by atoms with Gasteiger partial charge in [-0.25, -0.2) is 4.79 Å². The molecule has 0 bridgehead atoms. The van der Waals surface area contributed by atoms with Gasteiger partial charge in [-0.3, -0.25) is 4.98 Å². The number of halogens is 2. The molecule has 8 heteroatoms. The summed E-state index contributed by atoms with van der Waals surface area (Å²) in [6.45, 7) is 1.91. The van der Waals surface area contributed by atoms with E-state index in [9.17, 15) is 4.79 Å². The fraction of sp³-hybridized carbons (Fsp3) is 0.500. The molecule has 0 unspecified atom stereocenters. The maximum Gasteiger partial charge on any atom is 0.339 e. The van der Waals surface area contributed by atoms with Crippen LogP contribution in [0.4, 0.5) is 0 Å². The number of nitrogens with one attached hydrogen (secondary N) is 1. The van der Waals surface area contributed by atoms with Crippen LogP contribution in [-0.2, 0) is 9.57 Å². The van der Waals surface area contributed by atoms with Gasteiger partial charge in [-0.05, 0) is 25.2 Å². The second-order valence-electron chi connectivity index (χ2n) is 5.16. The fourth-order valence-electron chi connectivity index (χ4n) is 2.61. The van der Waals surface area contributed by atoms with Crippen molar-refractivity contribution in [3.63, 3.8) is 0 Å². The molecule has 0 amide bonds. The van der Waals surface area contributed by atoms with E-state index >= 15 is 0 Å². The highest BCUT2D eigenvalue weighted by atomic mass is 35.5. The number of ether oxygens (including phenoxy) is 1. The molecular weight excluding hydrogens is 329 g/mol. The summed E-state index contributed by atoms with van der Waals surface area (Å²) in [4.78, 5) is 21.3. The van der Waals surface area contributed by atoms with Crippen molar-refractivity contribution in [1.29, 1.82) is 0 Å². The smallest absolute Gasteiger partial charge is 0.339 e. The molecule has 1 fully saturated rings. The normalized spacial score (nSPS) is 18.5. The molecule has 0 atom stereocenters. The molecule has 22 heavy (non-hydrogen) atoms. The summed E-state index contributed by atoms with van der Waals surface area (Å²) in [6.07, 6.45) is 4.21. The quantitative estimate of drug-likeness (QED) is 0.828. The van der Waals surface area contributed by atoms with Gasteiger partial charge in [0.1, 0.15) is 11.3 Å². The minimum absolute atomic E-state index is 0. The summed E-state index contributed by atoms with van der Waals surface area (Å²) >= 11 is 0. The topological polar surface area (TPSA) is 72.8 Å².